The van der Waals surface area contributed by atoms with Crippen molar-refractivity contribution in [3.63, 3.8) is 0 Å². The Labute approximate surface area is 177 Å². The highest BCUT2D eigenvalue weighted by Crippen LogP contribution is 2.18. The molecule has 3 N–H and O–H groups in total. The van der Waals surface area contributed by atoms with E-state index in [9.17, 15) is 22.4 Å². The van der Waals surface area contributed by atoms with Crippen molar-refractivity contribution in [2.75, 3.05) is 26.7 Å². The lowest BCUT2D eigenvalue weighted by Crippen LogP contribution is -2.41. The van der Waals surface area contributed by atoms with Gasteiger partial charge < -0.3 is 20.7 Å². The van der Waals surface area contributed by atoms with Crippen molar-refractivity contribution in [2.45, 2.75) is 19.1 Å². The van der Waals surface area contributed by atoms with Crippen molar-refractivity contribution in [3.8, 4) is 5.75 Å². The van der Waals surface area contributed by atoms with Crippen LogP contribution in [0.2, 0.25) is 0 Å². The van der Waals surface area contributed by atoms with E-state index in [2.05, 4.69) is 25.7 Å². The van der Waals surface area contributed by atoms with Crippen LogP contribution in [0.25, 0.3) is 0 Å². The van der Waals surface area contributed by atoms with Gasteiger partial charge in [0.25, 0.3) is 0 Å². The number of hydrogen-bond donors (Lipinski definition) is 3. The van der Waals surface area contributed by atoms with Crippen LogP contribution in [-0.2, 0) is 17.8 Å². The number of ether oxygens (including phenoxy) is 1. The minimum Gasteiger partial charge on any atom is -0.484 e. The maximum absolute atomic E-state index is 12.9. The van der Waals surface area contributed by atoms with Crippen LogP contribution >= 0.6 is 0 Å². The van der Waals surface area contributed by atoms with Crippen LogP contribution < -0.4 is 20.7 Å². The monoisotopic (exact) mass is 440 g/mol. The Morgan fingerprint density at radius 2 is 1.55 bits per heavy atom. The fourth-order valence-corrected chi connectivity index (χ4v) is 2.51. The molecular formula is C21H24F4N4O2. The third kappa shape index (κ3) is 9.83. The Kier molecular flexibility index (Phi) is 9.11. The zero-order valence-electron chi connectivity index (χ0n) is 16.9. The van der Waals surface area contributed by atoms with E-state index in [4.69, 9.17) is 0 Å². The molecule has 1 amide bonds. The van der Waals surface area contributed by atoms with Gasteiger partial charge in [0.1, 0.15) is 11.6 Å². The smallest absolute Gasteiger partial charge is 0.422 e. The first-order valence-electron chi connectivity index (χ1n) is 9.49. The van der Waals surface area contributed by atoms with Gasteiger partial charge in [0.15, 0.2) is 12.6 Å². The second-order valence-corrected chi connectivity index (χ2v) is 6.55. The number of amides is 1. The SMILES string of the molecule is CN=C(NCCNC(=O)Cc1ccc(F)cc1)NCc1ccc(OCC(F)(F)F)cc1. The lowest BCUT2D eigenvalue weighted by atomic mass is 10.1. The lowest BCUT2D eigenvalue weighted by Gasteiger charge is -2.13. The molecular weight excluding hydrogens is 416 g/mol. The third-order valence-corrected chi connectivity index (χ3v) is 4.03. The van der Waals surface area contributed by atoms with Crippen LogP contribution in [0.1, 0.15) is 11.1 Å². The van der Waals surface area contributed by atoms with Gasteiger partial charge in [-0.25, -0.2) is 4.39 Å². The molecule has 2 aromatic rings. The number of nitrogens with zero attached hydrogens (tertiary/aromatic N) is 1. The molecule has 0 atom stereocenters. The number of benzene rings is 2. The van der Waals surface area contributed by atoms with E-state index in [1.807, 2.05) is 0 Å². The highest BCUT2D eigenvalue weighted by molar-refractivity contribution is 5.80. The first-order chi connectivity index (χ1) is 14.7. The number of halogens is 4. The number of aliphatic imine (C=N–C) groups is 1. The molecule has 0 heterocycles. The average molecular weight is 440 g/mol. The van der Waals surface area contributed by atoms with Crippen LogP contribution in [0, 0.1) is 5.82 Å². The molecule has 0 saturated carbocycles. The van der Waals surface area contributed by atoms with Gasteiger partial charge in [-0.3, -0.25) is 9.79 Å². The highest BCUT2D eigenvalue weighted by Gasteiger charge is 2.28. The molecule has 168 valence electrons. The summed E-state index contributed by atoms with van der Waals surface area (Å²) in [6.45, 7) is -0.136. The van der Waals surface area contributed by atoms with Gasteiger partial charge in [-0.15, -0.1) is 0 Å². The maximum Gasteiger partial charge on any atom is 0.422 e. The van der Waals surface area contributed by atoms with Crippen molar-refractivity contribution in [3.05, 3.63) is 65.5 Å². The van der Waals surface area contributed by atoms with Crippen molar-refractivity contribution in [1.82, 2.24) is 16.0 Å². The molecule has 0 spiro atoms. The highest BCUT2D eigenvalue weighted by atomic mass is 19.4. The van der Waals surface area contributed by atoms with Gasteiger partial charge in [-0.05, 0) is 35.4 Å². The molecule has 31 heavy (non-hydrogen) atoms. The van der Waals surface area contributed by atoms with E-state index in [0.717, 1.165) is 11.1 Å². The van der Waals surface area contributed by atoms with Gasteiger partial charge in [0, 0.05) is 26.7 Å². The Morgan fingerprint density at radius 3 is 2.16 bits per heavy atom. The summed E-state index contributed by atoms with van der Waals surface area (Å²) in [4.78, 5) is 16.0. The molecule has 0 radical (unpaired) electrons. The van der Waals surface area contributed by atoms with E-state index in [0.29, 0.717) is 25.6 Å². The average Bonchev–Trinajstić information content (AvgIpc) is 2.73. The second-order valence-electron chi connectivity index (χ2n) is 6.55. The molecule has 0 aromatic heterocycles. The molecule has 0 aliphatic rings. The quantitative estimate of drug-likeness (QED) is 0.243. The van der Waals surface area contributed by atoms with Crippen molar-refractivity contribution in [1.29, 1.82) is 0 Å². The van der Waals surface area contributed by atoms with Crippen molar-refractivity contribution < 1.29 is 27.1 Å². The fourth-order valence-electron chi connectivity index (χ4n) is 2.51. The number of carbonyl (C=O) groups excluding carboxylic acids is 1. The van der Waals surface area contributed by atoms with Gasteiger partial charge in [0.05, 0.1) is 6.42 Å². The van der Waals surface area contributed by atoms with Gasteiger partial charge in [0.2, 0.25) is 5.91 Å². The summed E-state index contributed by atoms with van der Waals surface area (Å²) in [5.74, 6) is 0.118. The van der Waals surface area contributed by atoms with Gasteiger partial charge in [-0.1, -0.05) is 24.3 Å². The topological polar surface area (TPSA) is 74.8 Å². The normalized spacial score (nSPS) is 11.7. The first kappa shape index (κ1) is 24.0. The van der Waals surface area contributed by atoms with E-state index in [-0.39, 0.29) is 23.9 Å². The summed E-state index contributed by atoms with van der Waals surface area (Å²) in [7, 11) is 1.59. The molecule has 10 heteroatoms. The number of guanidine groups is 1. The molecule has 0 unspecified atom stereocenters. The van der Waals surface area contributed by atoms with Gasteiger partial charge >= 0.3 is 6.18 Å². The van der Waals surface area contributed by atoms with Crippen LogP contribution in [0.4, 0.5) is 17.6 Å². The van der Waals surface area contributed by atoms with E-state index < -0.39 is 12.8 Å². The minimum atomic E-state index is -4.38. The number of hydrogen-bond acceptors (Lipinski definition) is 3. The molecule has 2 aromatic carbocycles. The Morgan fingerprint density at radius 1 is 0.935 bits per heavy atom. The third-order valence-electron chi connectivity index (χ3n) is 4.03. The molecule has 0 saturated heterocycles. The summed E-state index contributed by atoms with van der Waals surface area (Å²) in [6.07, 6.45) is -4.21. The zero-order valence-corrected chi connectivity index (χ0v) is 16.9. The number of rotatable bonds is 9. The summed E-state index contributed by atoms with van der Waals surface area (Å²) >= 11 is 0. The summed E-state index contributed by atoms with van der Waals surface area (Å²) in [6, 6.07) is 12.0. The first-order valence-corrected chi connectivity index (χ1v) is 9.49. The number of nitrogens with one attached hydrogen (secondary N) is 3. The molecule has 0 aliphatic heterocycles. The number of alkyl halides is 3. The molecule has 0 aliphatic carbocycles. The number of carbonyl (C=O) groups is 1. The zero-order chi connectivity index (χ0) is 22.7. The van der Waals surface area contributed by atoms with Crippen molar-refractivity contribution >= 4 is 11.9 Å². The van der Waals surface area contributed by atoms with Crippen LogP contribution in [0.5, 0.6) is 5.75 Å². The fraction of sp³-hybridized carbons (Fsp3) is 0.333. The van der Waals surface area contributed by atoms with E-state index in [1.165, 1.54) is 24.3 Å². The standard InChI is InChI=1S/C21H24F4N4O2/c1-26-20(28-11-10-27-19(30)12-15-2-6-17(22)7-3-15)29-13-16-4-8-18(9-5-16)31-14-21(23,24)25/h2-9H,10-14H2,1H3,(H,27,30)(H2,26,28,29). The second kappa shape index (κ2) is 11.8. The maximum atomic E-state index is 12.9. The minimum absolute atomic E-state index is 0.139. The summed E-state index contributed by atoms with van der Waals surface area (Å²) in [5.41, 5.74) is 1.55. The lowest BCUT2D eigenvalue weighted by molar-refractivity contribution is -0.153. The van der Waals surface area contributed by atoms with Crippen LogP contribution in [-0.4, -0.2) is 44.8 Å². The van der Waals surface area contributed by atoms with E-state index >= 15 is 0 Å². The largest absolute Gasteiger partial charge is 0.484 e. The van der Waals surface area contributed by atoms with Gasteiger partial charge in [-0.2, -0.15) is 13.2 Å². The predicted molar refractivity (Wildman–Crippen MR) is 109 cm³/mol. The van der Waals surface area contributed by atoms with Crippen molar-refractivity contribution in [2.24, 2.45) is 4.99 Å². The summed E-state index contributed by atoms with van der Waals surface area (Å²) in [5, 5.41) is 8.86. The van der Waals surface area contributed by atoms with Crippen LogP contribution in [0.15, 0.2) is 53.5 Å². The molecule has 2 rings (SSSR count). The molecule has 0 fully saturated rings. The molecule has 6 nitrogen and oxygen atoms in total. The Hall–Kier alpha value is -3.30. The van der Waals surface area contributed by atoms with E-state index in [1.54, 1.807) is 31.3 Å². The molecule has 0 bridgehead atoms. The Balaban J connectivity index is 1.65. The Bertz CT molecular complexity index is 853. The predicted octanol–water partition coefficient (Wildman–Crippen LogP) is 2.79. The van der Waals surface area contributed by atoms with Crippen LogP contribution in [0.3, 0.4) is 0 Å². The summed E-state index contributed by atoms with van der Waals surface area (Å²) < 4.78 is 54.0.